The SMILES string of the molecule is CC(C)(C)N1C[C@@H](C(=O)O)[C@H](c2ccc(I)cc2)C1. The van der Waals surface area contributed by atoms with Crippen LogP contribution in [0.25, 0.3) is 0 Å². The third-order valence-corrected chi connectivity index (χ3v) is 4.60. The lowest BCUT2D eigenvalue weighted by Gasteiger charge is -2.31. The van der Waals surface area contributed by atoms with Crippen LogP contribution in [-0.4, -0.2) is 34.6 Å². The van der Waals surface area contributed by atoms with Crippen molar-refractivity contribution in [2.75, 3.05) is 13.1 Å². The summed E-state index contributed by atoms with van der Waals surface area (Å²) in [6, 6.07) is 8.23. The van der Waals surface area contributed by atoms with E-state index in [1.165, 1.54) is 3.57 Å². The second-order valence-corrected chi connectivity index (χ2v) is 7.42. The van der Waals surface area contributed by atoms with Crippen molar-refractivity contribution in [2.45, 2.75) is 32.2 Å². The number of likely N-dealkylation sites (tertiary alicyclic amines) is 1. The molecule has 1 aliphatic rings. The number of rotatable bonds is 2. The molecule has 3 nitrogen and oxygen atoms in total. The Kier molecular flexibility index (Phi) is 4.20. The first kappa shape index (κ1) is 14.8. The molecular formula is C15H20INO2. The number of carboxylic acid groups (broad SMARTS) is 1. The van der Waals surface area contributed by atoms with Crippen LogP contribution in [0.15, 0.2) is 24.3 Å². The van der Waals surface area contributed by atoms with E-state index in [1.54, 1.807) is 0 Å². The molecular weight excluding hydrogens is 353 g/mol. The van der Waals surface area contributed by atoms with Gasteiger partial charge < -0.3 is 5.11 Å². The van der Waals surface area contributed by atoms with Gasteiger partial charge in [0.05, 0.1) is 5.92 Å². The Hall–Kier alpha value is -0.620. The van der Waals surface area contributed by atoms with E-state index in [2.05, 4.69) is 72.5 Å². The Morgan fingerprint density at radius 1 is 1.26 bits per heavy atom. The van der Waals surface area contributed by atoms with Gasteiger partial charge in [-0.3, -0.25) is 9.69 Å². The highest BCUT2D eigenvalue weighted by atomic mass is 127. The van der Waals surface area contributed by atoms with E-state index in [-0.39, 0.29) is 17.4 Å². The van der Waals surface area contributed by atoms with Crippen molar-refractivity contribution in [1.29, 1.82) is 0 Å². The molecule has 0 amide bonds. The number of nitrogens with zero attached hydrogens (tertiary/aromatic N) is 1. The number of carbonyl (C=O) groups is 1. The van der Waals surface area contributed by atoms with Gasteiger partial charge in [-0.25, -0.2) is 0 Å². The first-order chi connectivity index (χ1) is 8.79. The summed E-state index contributed by atoms with van der Waals surface area (Å²) in [5.41, 5.74) is 1.16. The highest BCUT2D eigenvalue weighted by molar-refractivity contribution is 14.1. The average molecular weight is 373 g/mol. The third kappa shape index (κ3) is 3.28. The van der Waals surface area contributed by atoms with Gasteiger partial charge in [0, 0.05) is 28.1 Å². The maximum atomic E-state index is 11.5. The summed E-state index contributed by atoms with van der Waals surface area (Å²) < 4.78 is 1.18. The van der Waals surface area contributed by atoms with Gasteiger partial charge in [0.25, 0.3) is 0 Å². The molecule has 1 fully saturated rings. The summed E-state index contributed by atoms with van der Waals surface area (Å²) in [7, 11) is 0. The van der Waals surface area contributed by atoms with Crippen molar-refractivity contribution in [3.63, 3.8) is 0 Å². The normalized spacial score (nSPS) is 24.6. The molecule has 0 aromatic heterocycles. The number of hydrogen-bond donors (Lipinski definition) is 1. The molecule has 0 bridgehead atoms. The second kappa shape index (κ2) is 5.40. The monoisotopic (exact) mass is 373 g/mol. The first-order valence-electron chi connectivity index (χ1n) is 6.52. The van der Waals surface area contributed by atoms with Crippen molar-refractivity contribution in [1.82, 2.24) is 4.90 Å². The minimum atomic E-state index is -0.685. The fourth-order valence-electron chi connectivity index (χ4n) is 2.65. The van der Waals surface area contributed by atoms with E-state index in [4.69, 9.17) is 0 Å². The molecule has 2 rings (SSSR count). The third-order valence-electron chi connectivity index (χ3n) is 3.88. The van der Waals surface area contributed by atoms with E-state index < -0.39 is 5.97 Å². The van der Waals surface area contributed by atoms with Gasteiger partial charge in [-0.05, 0) is 61.1 Å². The molecule has 1 N–H and O–H groups in total. The zero-order chi connectivity index (χ0) is 14.2. The van der Waals surface area contributed by atoms with Crippen LogP contribution in [-0.2, 0) is 4.79 Å². The van der Waals surface area contributed by atoms with E-state index in [0.29, 0.717) is 6.54 Å². The quantitative estimate of drug-likeness (QED) is 0.810. The summed E-state index contributed by atoms with van der Waals surface area (Å²) >= 11 is 2.27. The van der Waals surface area contributed by atoms with Gasteiger partial charge in [0.15, 0.2) is 0 Å². The molecule has 0 aliphatic carbocycles. The zero-order valence-electron chi connectivity index (χ0n) is 11.6. The van der Waals surface area contributed by atoms with Crippen molar-refractivity contribution in [3.8, 4) is 0 Å². The highest BCUT2D eigenvalue weighted by Crippen LogP contribution is 2.36. The molecule has 1 aromatic carbocycles. The summed E-state index contributed by atoms with van der Waals surface area (Å²) in [5, 5.41) is 9.45. The highest BCUT2D eigenvalue weighted by Gasteiger charge is 2.41. The standard InChI is InChI=1S/C15H20INO2/c1-15(2,3)17-8-12(13(9-17)14(18)19)10-4-6-11(16)7-5-10/h4-7,12-13H,8-9H2,1-3H3,(H,18,19)/t12-,13+/m0/s1. The Labute approximate surface area is 128 Å². The fourth-order valence-corrected chi connectivity index (χ4v) is 3.01. The zero-order valence-corrected chi connectivity index (χ0v) is 13.7. The molecule has 19 heavy (non-hydrogen) atoms. The number of hydrogen-bond acceptors (Lipinski definition) is 2. The van der Waals surface area contributed by atoms with Crippen molar-refractivity contribution in [3.05, 3.63) is 33.4 Å². The first-order valence-corrected chi connectivity index (χ1v) is 7.60. The van der Waals surface area contributed by atoms with Crippen LogP contribution < -0.4 is 0 Å². The summed E-state index contributed by atoms with van der Waals surface area (Å²) in [6.07, 6.45) is 0. The van der Waals surface area contributed by atoms with Crippen LogP contribution in [0.4, 0.5) is 0 Å². The van der Waals surface area contributed by atoms with Crippen LogP contribution in [0.1, 0.15) is 32.3 Å². The van der Waals surface area contributed by atoms with Crippen LogP contribution in [0.5, 0.6) is 0 Å². The molecule has 1 saturated heterocycles. The summed E-state index contributed by atoms with van der Waals surface area (Å²) in [4.78, 5) is 13.8. The largest absolute Gasteiger partial charge is 0.481 e. The minimum Gasteiger partial charge on any atom is -0.481 e. The van der Waals surface area contributed by atoms with Crippen LogP contribution in [0.2, 0.25) is 0 Å². The van der Waals surface area contributed by atoms with Gasteiger partial charge in [0.1, 0.15) is 0 Å². The van der Waals surface area contributed by atoms with Crippen LogP contribution in [0, 0.1) is 9.49 Å². The van der Waals surface area contributed by atoms with E-state index in [0.717, 1.165) is 12.1 Å². The molecule has 0 spiro atoms. The van der Waals surface area contributed by atoms with E-state index in [9.17, 15) is 9.90 Å². The predicted molar refractivity (Wildman–Crippen MR) is 84.4 cm³/mol. The Morgan fingerprint density at radius 3 is 2.32 bits per heavy atom. The maximum absolute atomic E-state index is 11.5. The molecule has 0 unspecified atom stereocenters. The molecule has 0 saturated carbocycles. The molecule has 104 valence electrons. The number of carboxylic acids is 1. The predicted octanol–water partition coefficient (Wildman–Crippen LogP) is 3.19. The topological polar surface area (TPSA) is 40.5 Å². The van der Waals surface area contributed by atoms with Crippen LogP contribution in [0.3, 0.4) is 0 Å². The van der Waals surface area contributed by atoms with Gasteiger partial charge >= 0.3 is 5.97 Å². The molecule has 0 radical (unpaired) electrons. The van der Waals surface area contributed by atoms with E-state index in [1.807, 2.05) is 0 Å². The van der Waals surface area contributed by atoms with Gasteiger partial charge in [-0.1, -0.05) is 12.1 Å². The lowest BCUT2D eigenvalue weighted by atomic mass is 9.89. The number of aliphatic carboxylic acids is 1. The molecule has 1 heterocycles. The van der Waals surface area contributed by atoms with Crippen molar-refractivity contribution in [2.24, 2.45) is 5.92 Å². The smallest absolute Gasteiger partial charge is 0.308 e. The molecule has 1 aliphatic heterocycles. The average Bonchev–Trinajstić information content (AvgIpc) is 2.74. The maximum Gasteiger partial charge on any atom is 0.308 e. The van der Waals surface area contributed by atoms with Crippen molar-refractivity contribution >= 4 is 28.6 Å². The second-order valence-electron chi connectivity index (χ2n) is 6.18. The molecule has 4 heteroatoms. The van der Waals surface area contributed by atoms with Gasteiger partial charge in [0.2, 0.25) is 0 Å². The number of halogens is 1. The molecule has 1 aromatic rings. The van der Waals surface area contributed by atoms with Crippen molar-refractivity contribution < 1.29 is 9.90 Å². The number of benzene rings is 1. The summed E-state index contributed by atoms with van der Waals surface area (Å²) in [6.45, 7) is 7.88. The lowest BCUT2D eigenvalue weighted by molar-refractivity contribution is -0.141. The lowest BCUT2D eigenvalue weighted by Crippen LogP contribution is -2.40. The van der Waals surface area contributed by atoms with Crippen LogP contribution >= 0.6 is 22.6 Å². The Bertz CT molecular complexity index is 464. The van der Waals surface area contributed by atoms with Gasteiger partial charge in [-0.2, -0.15) is 0 Å². The fraction of sp³-hybridized carbons (Fsp3) is 0.533. The minimum absolute atomic E-state index is 0.0195. The Balaban J connectivity index is 2.27. The summed E-state index contributed by atoms with van der Waals surface area (Å²) in [5.74, 6) is -0.900. The Morgan fingerprint density at radius 2 is 1.84 bits per heavy atom. The van der Waals surface area contributed by atoms with E-state index >= 15 is 0 Å². The molecule has 2 atom stereocenters. The van der Waals surface area contributed by atoms with Gasteiger partial charge in [-0.15, -0.1) is 0 Å².